The first-order valence-corrected chi connectivity index (χ1v) is 11.7. The SMILES string of the molecule is CN1N=C(F)C2(CCCCC2)n2c1cc1cnc(Nc3ccc(S(N)(=O)=O)cc3F)nc12. The molecule has 1 aliphatic carbocycles. The lowest BCUT2D eigenvalue weighted by atomic mass is 9.81. The molecule has 0 amide bonds. The quantitative estimate of drug-likeness (QED) is 0.618. The Labute approximate surface area is 183 Å². The number of benzene rings is 1. The maximum absolute atomic E-state index is 15.2. The van der Waals surface area contributed by atoms with Gasteiger partial charge in [0.2, 0.25) is 21.9 Å². The highest BCUT2D eigenvalue weighted by Gasteiger charge is 2.45. The van der Waals surface area contributed by atoms with Gasteiger partial charge in [0.1, 0.15) is 22.8 Å². The van der Waals surface area contributed by atoms with Gasteiger partial charge in [-0.05, 0) is 37.1 Å². The van der Waals surface area contributed by atoms with Crippen molar-refractivity contribution in [1.82, 2.24) is 14.5 Å². The van der Waals surface area contributed by atoms with Crippen LogP contribution in [0.4, 0.5) is 26.2 Å². The second-order valence-electron chi connectivity index (χ2n) is 8.13. The van der Waals surface area contributed by atoms with Gasteiger partial charge in [0.25, 0.3) is 0 Å². The van der Waals surface area contributed by atoms with Crippen LogP contribution >= 0.6 is 0 Å². The van der Waals surface area contributed by atoms with Crippen LogP contribution in [0.3, 0.4) is 0 Å². The van der Waals surface area contributed by atoms with Gasteiger partial charge in [0.15, 0.2) is 0 Å². The van der Waals surface area contributed by atoms with E-state index >= 15 is 4.39 Å². The number of primary sulfonamides is 1. The molecule has 2 aliphatic rings. The van der Waals surface area contributed by atoms with Gasteiger partial charge in [-0.1, -0.05) is 19.3 Å². The minimum Gasteiger partial charge on any atom is -0.322 e. The molecular formula is C20H21F2N7O2S. The lowest BCUT2D eigenvalue weighted by molar-refractivity contribution is 0.263. The number of nitrogens with two attached hydrogens (primary N) is 1. The van der Waals surface area contributed by atoms with Gasteiger partial charge in [0.05, 0.1) is 10.6 Å². The van der Waals surface area contributed by atoms with Gasteiger partial charge in [0, 0.05) is 18.6 Å². The summed E-state index contributed by atoms with van der Waals surface area (Å²) in [6.07, 6.45) is 5.60. The topological polar surface area (TPSA) is 118 Å². The molecule has 12 heteroatoms. The highest BCUT2D eigenvalue weighted by Crippen LogP contribution is 2.45. The molecule has 32 heavy (non-hydrogen) atoms. The molecule has 9 nitrogen and oxygen atoms in total. The molecule has 0 radical (unpaired) electrons. The van der Waals surface area contributed by atoms with Gasteiger partial charge < -0.3 is 5.32 Å². The Morgan fingerprint density at radius 1 is 1.16 bits per heavy atom. The zero-order valence-electron chi connectivity index (χ0n) is 17.2. The zero-order valence-corrected chi connectivity index (χ0v) is 18.0. The Balaban J connectivity index is 1.59. The van der Waals surface area contributed by atoms with Crippen molar-refractivity contribution in [3.8, 4) is 0 Å². The number of sulfonamides is 1. The summed E-state index contributed by atoms with van der Waals surface area (Å²) in [5.41, 5.74) is -0.396. The standard InChI is InChI=1S/C20H21F2N7O2S/c1-28-16-9-12-11-24-19(25-15-6-5-13(10-14(15)21)32(23,30)31)26-17(12)29(16)20(18(22)27-28)7-3-2-4-8-20/h5-6,9-11H,2-4,7-8H2,1H3,(H2,23,30,31)(H,24,25,26). The summed E-state index contributed by atoms with van der Waals surface area (Å²) in [5.74, 6) is -0.461. The Morgan fingerprint density at radius 2 is 1.91 bits per heavy atom. The molecule has 1 saturated carbocycles. The van der Waals surface area contributed by atoms with Gasteiger partial charge in [-0.15, -0.1) is 5.10 Å². The minimum absolute atomic E-state index is 0.0144. The molecule has 0 saturated heterocycles. The van der Waals surface area contributed by atoms with Crippen LogP contribution in [0.5, 0.6) is 0 Å². The maximum atomic E-state index is 15.2. The van der Waals surface area contributed by atoms with Crippen molar-refractivity contribution in [3.63, 3.8) is 0 Å². The largest absolute Gasteiger partial charge is 0.322 e. The van der Waals surface area contributed by atoms with E-state index in [-0.39, 0.29) is 16.5 Å². The highest BCUT2D eigenvalue weighted by atomic mass is 32.2. The summed E-state index contributed by atoms with van der Waals surface area (Å²) in [6.45, 7) is 0. The number of nitrogens with zero attached hydrogens (tertiary/aromatic N) is 5. The molecule has 5 rings (SSSR count). The van der Waals surface area contributed by atoms with Crippen LogP contribution in [0.1, 0.15) is 32.1 Å². The molecule has 3 N–H and O–H groups in total. The fraction of sp³-hybridized carbons (Fsp3) is 0.350. The highest BCUT2D eigenvalue weighted by molar-refractivity contribution is 7.89. The van der Waals surface area contributed by atoms with E-state index in [4.69, 9.17) is 5.14 Å². The maximum Gasteiger partial charge on any atom is 0.238 e. The average molecular weight is 461 g/mol. The van der Waals surface area contributed by atoms with Crippen molar-refractivity contribution in [2.75, 3.05) is 17.4 Å². The van der Waals surface area contributed by atoms with E-state index in [0.717, 1.165) is 25.3 Å². The third-order valence-corrected chi connectivity index (χ3v) is 7.01. The monoisotopic (exact) mass is 461 g/mol. The normalized spacial score (nSPS) is 18.0. The van der Waals surface area contributed by atoms with E-state index in [1.54, 1.807) is 13.2 Å². The summed E-state index contributed by atoms with van der Waals surface area (Å²) in [4.78, 5) is 8.46. The number of nitrogens with one attached hydrogen (secondary N) is 1. The lowest BCUT2D eigenvalue weighted by Gasteiger charge is -2.41. The number of rotatable bonds is 3. The van der Waals surface area contributed by atoms with Crippen LogP contribution in [0.25, 0.3) is 11.0 Å². The lowest BCUT2D eigenvalue weighted by Crippen LogP contribution is -2.46. The van der Waals surface area contributed by atoms with E-state index in [1.165, 1.54) is 17.1 Å². The first kappa shape index (κ1) is 20.8. The molecule has 1 fully saturated rings. The van der Waals surface area contributed by atoms with Crippen LogP contribution in [0.15, 0.2) is 40.5 Å². The van der Waals surface area contributed by atoms with Crippen LogP contribution in [0.2, 0.25) is 0 Å². The van der Waals surface area contributed by atoms with Crippen molar-refractivity contribution in [1.29, 1.82) is 0 Å². The second-order valence-corrected chi connectivity index (χ2v) is 9.69. The van der Waals surface area contributed by atoms with E-state index < -0.39 is 27.3 Å². The van der Waals surface area contributed by atoms with Crippen molar-refractivity contribution < 1.29 is 17.2 Å². The number of hydrogen-bond acceptors (Lipinski definition) is 7. The van der Waals surface area contributed by atoms with E-state index in [2.05, 4.69) is 20.4 Å². The van der Waals surface area contributed by atoms with Crippen LogP contribution in [-0.4, -0.2) is 36.0 Å². The number of aromatic nitrogens is 3. The third kappa shape index (κ3) is 3.21. The zero-order chi connectivity index (χ0) is 22.7. The van der Waals surface area contributed by atoms with Crippen LogP contribution in [0, 0.1) is 5.82 Å². The van der Waals surface area contributed by atoms with Crippen LogP contribution < -0.4 is 15.5 Å². The number of halogens is 2. The number of hydrazone groups is 1. The summed E-state index contributed by atoms with van der Waals surface area (Å²) >= 11 is 0. The molecule has 3 aromatic rings. The summed E-state index contributed by atoms with van der Waals surface area (Å²) in [7, 11) is -2.35. The molecule has 0 atom stereocenters. The fourth-order valence-corrected chi connectivity index (χ4v) is 5.05. The average Bonchev–Trinajstić information content (AvgIpc) is 3.14. The predicted molar refractivity (Wildman–Crippen MR) is 117 cm³/mol. The van der Waals surface area contributed by atoms with Crippen molar-refractivity contribution >= 4 is 44.5 Å². The minimum atomic E-state index is -4.03. The van der Waals surface area contributed by atoms with Crippen molar-refractivity contribution in [2.45, 2.75) is 42.5 Å². The Kier molecular flexibility index (Phi) is 4.67. The Bertz CT molecular complexity index is 1360. The molecule has 0 unspecified atom stereocenters. The summed E-state index contributed by atoms with van der Waals surface area (Å²) < 4.78 is 54.4. The van der Waals surface area contributed by atoms with E-state index in [0.29, 0.717) is 29.7 Å². The molecule has 1 aromatic carbocycles. The Morgan fingerprint density at radius 3 is 2.59 bits per heavy atom. The van der Waals surface area contributed by atoms with Crippen molar-refractivity contribution in [2.24, 2.45) is 10.2 Å². The fourth-order valence-electron chi connectivity index (χ4n) is 4.53. The number of anilines is 3. The molecule has 168 valence electrons. The molecule has 1 aliphatic heterocycles. The predicted octanol–water partition coefficient (Wildman–Crippen LogP) is 3.35. The summed E-state index contributed by atoms with van der Waals surface area (Å²) in [6, 6.07) is 5.12. The number of fused-ring (bicyclic) bond motifs is 4. The first-order valence-electron chi connectivity index (χ1n) is 10.2. The molecule has 2 aromatic heterocycles. The van der Waals surface area contributed by atoms with Gasteiger partial charge in [-0.3, -0.25) is 4.57 Å². The molecular weight excluding hydrogens is 440 g/mol. The smallest absolute Gasteiger partial charge is 0.238 e. The van der Waals surface area contributed by atoms with Gasteiger partial charge in [-0.2, -0.15) is 9.37 Å². The molecule has 1 spiro atoms. The molecule has 0 bridgehead atoms. The Hall–Kier alpha value is -3.12. The van der Waals surface area contributed by atoms with E-state index in [9.17, 15) is 12.8 Å². The third-order valence-electron chi connectivity index (χ3n) is 6.10. The van der Waals surface area contributed by atoms with Gasteiger partial charge >= 0.3 is 0 Å². The summed E-state index contributed by atoms with van der Waals surface area (Å²) in [5, 5.41) is 14.1. The first-order chi connectivity index (χ1) is 15.2. The second kappa shape index (κ2) is 7.20. The molecule has 3 heterocycles. The van der Waals surface area contributed by atoms with Crippen molar-refractivity contribution in [3.05, 3.63) is 36.3 Å². The van der Waals surface area contributed by atoms with E-state index in [1.807, 2.05) is 10.6 Å². The van der Waals surface area contributed by atoms with Gasteiger partial charge in [-0.25, -0.2) is 27.9 Å². The van der Waals surface area contributed by atoms with Crippen LogP contribution in [-0.2, 0) is 15.6 Å². The number of hydrogen-bond donors (Lipinski definition) is 2.